The van der Waals surface area contributed by atoms with Crippen LogP contribution in [0.3, 0.4) is 0 Å². The van der Waals surface area contributed by atoms with Crippen molar-refractivity contribution in [2.24, 2.45) is 0 Å². The first-order valence-corrected chi connectivity index (χ1v) is 6.65. The van der Waals surface area contributed by atoms with Gasteiger partial charge in [0, 0.05) is 19.8 Å². The van der Waals surface area contributed by atoms with Gasteiger partial charge in [-0.3, -0.25) is 0 Å². The number of benzene rings is 2. The minimum absolute atomic E-state index is 0.566. The molecule has 0 heterocycles. The lowest BCUT2D eigenvalue weighted by molar-refractivity contribution is 0.425. The summed E-state index contributed by atoms with van der Waals surface area (Å²) >= 11 is 0. The predicted octanol–water partition coefficient (Wildman–Crippen LogP) is 1.72. The lowest BCUT2D eigenvalue weighted by Gasteiger charge is -2.15. The lowest BCUT2D eigenvalue weighted by Crippen LogP contribution is -2.32. The second-order valence-corrected chi connectivity index (χ2v) is 5.34. The fraction of sp³-hybridized carbons (Fsp3) is 0.250. The highest BCUT2D eigenvalue weighted by molar-refractivity contribution is 6.59. The number of rotatable bonds is 3. The SMILES string of the molecule is Cc1cc(-c2ccc(N(C)C)cc2)c(C)cc1B(O)O. The third kappa shape index (κ3) is 2.87. The van der Waals surface area contributed by atoms with Crippen molar-refractivity contribution in [3.63, 3.8) is 0 Å². The van der Waals surface area contributed by atoms with Crippen LogP contribution in [0.25, 0.3) is 11.1 Å². The van der Waals surface area contributed by atoms with E-state index in [1.165, 1.54) is 0 Å². The highest BCUT2D eigenvalue weighted by Gasteiger charge is 2.16. The maximum atomic E-state index is 9.34. The van der Waals surface area contributed by atoms with E-state index in [4.69, 9.17) is 0 Å². The standard InChI is InChI=1S/C16H20BNO2/c1-11-10-16(17(19)20)12(2)9-15(11)13-5-7-14(8-6-13)18(3)4/h5-10,19-20H,1-4H3. The van der Waals surface area contributed by atoms with Crippen molar-refractivity contribution < 1.29 is 10.0 Å². The summed E-state index contributed by atoms with van der Waals surface area (Å²) in [6, 6.07) is 12.2. The average Bonchev–Trinajstić information content (AvgIpc) is 2.40. The molecule has 2 rings (SSSR count). The van der Waals surface area contributed by atoms with E-state index in [9.17, 15) is 10.0 Å². The topological polar surface area (TPSA) is 43.7 Å². The largest absolute Gasteiger partial charge is 0.488 e. The van der Waals surface area contributed by atoms with Gasteiger partial charge in [-0.1, -0.05) is 29.8 Å². The van der Waals surface area contributed by atoms with Crippen LogP contribution < -0.4 is 10.4 Å². The highest BCUT2D eigenvalue weighted by Crippen LogP contribution is 2.26. The number of hydrogen-bond acceptors (Lipinski definition) is 3. The summed E-state index contributed by atoms with van der Waals surface area (Å²) < 4.78 is 0. The Balaban J connectivity index is 2.45. The zero-order chi connectivity index (χ0) is 14.9. The molecule has 2 aromatic carbocycles. The summed E-state index contributed by atoms with van der Waals surface area (Å²) in [6.07, 6.45) is 0. The molecule has 0 radical (unpaired) electrons. The zero-order valence-corrected chi connectivity index (χ0v) is 12.4. The summed E-state index contributed by atoms with van der Waals surface area (Å²) in [6.45, 7) is 3.88. The van der Waals surface area contributed by atoms with Gasteiger partial charge in [0.05, 0.1) is 0 Å². The van der Waals surface area contributed by atoms with Crippen LogP contribution in [0.5, 0.6) is 0 Å². The maximum Gasteiger partial charge on any atom is 0.488 e. The molecule has 3 nitrogen and oxygen atoms in total. The van der Waals surface area contributed by atoms with Crippen molar-refractivity contribution in [1.82, 2.24) is 0 Å². The molecule has 2 N–H and O–H groups in total. The van der Waals surface area contributed by atoms with Gasteiger partial charge in [0.2, 0.25) is 0 Å². The van der Waals surface area contributed by atoms with Gasteiger partial charge >= 0.3 is 7.12 Å². The quantitative estimate of drug-likeness (QED) is 0.834. The molecule has 4 heteroatoms. The van der Waals surface area contributed by atoms with Crippen LogP contribution in [0.15, 0.2) is 36.4 Å². The van der Waals surface area contributed by atoms with Gasteiger partial charge in [0.25, 0.3) is 0 Å². The molecule has 0 saturated carbocycles. The van der Waals surface area contributed by atoms with Crippen LogP contribution in [0.2, 0.25) is 0 Å². The molecule has 0 unspecified atom stereocenters. The van der Waals surface area contributed by atoms with Crippen molar-refractivity contribution in [3.05, 3.63) is 47.5 Å². The molecule has 0 amide bonds. The average molecular weight is 269 g/mol. The molecule has 2 aromatic rings. The summed E-state index contributed by atoms with van der Waals surface area (Å²) in [5.74, 6) is 0. The van der Waals surface area contributed by atoms with E-state index in [0.29, 0.717) is 5.46 Å². The molecule has 0 aromatic heterocycles. The monoisotopic (exact) mass is 269 g/mol. The van der Waals surface area contributed by atoms with Crippen LogP contribution in [-0.2, 0) is 0 Å². The molecule has 0 spiro atoms. The van der Waals surface area contributed by atoms with E-state index in [2.05, 4.69) is 29.2 Å². The summed E-state index contributed by atoms with van der Waals surface area (Å²) in [5, 5.41) is 18.7. The second kappa shape index (κ2) is 5.69. The molecule has 104 valence electrons. The number of hydrogen-bond donors (Lipinski definition) is 2. The van der Waals surface area contributed by atoms with Crippen LogP contribution in [0.4, 0.5) is 5.69 Å². The molecule has 0 fully saturated rings. The zero-order valence-electron chi connectivity index (χ0n) is 12.4. The smallest absolute Gasteiger partial charge is 0.423 e. The van der Waals surface area contributed by atoms with Crippen molar-refractivity contribution in [3.8, 4) is 11.1 Å². The maximum absolute atomic E-state index is 9.34. The molecule has 0 aliphatic rings. The first kappa shape index (κ1) is 14.6. The summed E-state index contributed by atoms with van der Waals surface area (Å²) in [5.41, 5.74) is 5.91. The van der Waals surface area contributed by atoms with Gasteiger partial charge < -0.3 is 14.9 Å². The van der Waals surface area contributed by atoms with E-state index in [0.717, 1.165) is 27.9 Å². The number of nitrogens with zero attached hydrogens (tertiary/aromatic N) is 1. The van der Waals surface area contributed by atoms with Gasteiger partial charge in [-0.25, -0.2) is 0 Å². The third-order valence-electron chi connectivity index (χ3n) is 3.59. The molecule has 0 aliphatic heterocycles. The van der Waals surface area contributed by atoms with E-state index in [1.807, 2.05) is 40.1 Å². The van der Waals surface area contributed by atoms with Gasteiger partial charge in [-0.15, -0.1) is 0 Å². The Morgan fingerprint density at radius 2 is 1.50 bits per heavy atom. The first-order chi connectivity index (χ1) is 9.40. The van der Waals surface area contributed by atoms with E-state index < -0.39 is 7.12 Å². The van der Waals surface area contributed by atoms with Gasteiger partial charge in [0.1, 0.15) is 0 Å². The minimum atomic E-state index is -1.42. The van der Waals surface area contributed by atoms with Gasteiger partial charge in [-0.2, -0.15) is 0 Å². The van der Waals surface area contributed by atoms with Crippen molar-refractivity contribution >= 4 is 18.3 Å². The Hall–Kier alpha value is -1.78. The Labute approximate surface area is 120 Å². The molecule has 0 bridgehead atoms. The normalized spacial score (nSPS) is 10.5. The summed E-state index contributed by atoms with van der Waals surface area (Å²) in [4.78, 5) is 2.06. The van der Waals surface area contributed by atoms with Crippen molar-refractivity contribution in [2.45, 2.75) is 13.8 Å². The Morgan fingerprint density at radius 3 is 2.00 bits per heavy atom. The van der Waals surface area contributed by atoms with Crippen LogP contribution in [0.1, 0.15) is 11.1 Å². The van der Waals surface area contributed by atoms with Crippen LogP contribution in [0, 0.1) is 13.8 Å². The van der Waals surface area contributed by atoms with Crippen molar-refractivity contribution in [1.29, 1.82) is 0 Å². The van der Waals surface area contributed by atoms with Crippen LogP contribution >= 0.6 is 0 Å². The molecule has 20 heavy (non-hydrogen) atoms. The lowest BCUT2D eigenvalue weighted by atomic mass is 9.75. The molecular formula is C16H20BNO2. The van der Waals surface area contributed by atoms with Crippen LogP contribution in [-0.4, -0.2) is 31.3 Å². The molecule has 0 saturated heterocycles. The third-order valence-corrected chi connectivity index (χ3v) is 3.59. The minimum Gasteiger partial charge on any atom is -0.423 e. The van der Waals surface area contributed by atoms with E-state index in [-0.39, 0.29) is 0 Å². The molecule has 0 aliphatic carbocycles. The first-order valence-electron chi connectivity index (χ1n) is 6.65. The Bertz CT molecular complexity index is 607. The number of anilines is 1. The second-order valence-electron chi connectivity index (χ2n) is 5.34. The van der Waals surface area contributed by atoms with Gasteiger partial charge in [-0.05, 0) is 48.1 Å². The summed E-state index contributed by atoms with van der Waals surface area (Å²) in [7, 11) is 2.61. The fourth-order valence-electron chi connectivity index (χ4n) is 2.37. The van der Waals surface area contributed by atoms with Gasteiger partial charge in [0.15, 0.2) is 0 Å². The number of aryl methyl sites for hydroxylation is 2. The predicted molar refractivity (Wildman–Crippen MR) is 85.5 cm³/mol. The molecule has 0 atom stereocenters. The fourth-order valence-corrected chi connectivity index (χ4v) is 2.37. The molecular weight excluding hydrogens is 249 g/mol. The highest BCUT2D eigenvalue weighted by atomic mass is 16.4. The van der Waals surface area contributed by atoms with E-state index >= 15 is 0 Å². The van der Waals surface area contributed by atoms with Crippen molar-refractivity contribution in [2.75, 3.05) is 19.0 Å². The van der Waals surface area contributed by atoms with E-state index in [1.54, 1.807) is 0 Å². The Morgan fingerprint density at radius 1 is 0.900 bits per heavy atom. The Kier molecular flexibility index (Phi) is 4.16.